The maximum absolute atomic E-state index is 12.8. The van der Waals surface area contributed by atoms with Crippen molar-refractivity contribution in [2.75, 3.05) is 20.0 Å². The first-order valence-corrected chi connectivity index (χ1v) is 9.80. The van der Waals surface area contributed by atoms with Gasteiger partial charge in [0.1, 0.15) is 11.8 Å². The van der Waals surface area contributed by atoms with Gasteiger partial charge in [0.05, 0.1) is 25.7 Å². The van der Waals surface area contributed by atoms with Crippen molar-refractivity contribution in [2.24, 2.45) is 0 Å². The molecule has 2 N–H and O–H groups in total. The van der Waals surface area contributed by atoms with E-state index >= 15 is 0 Å². The lowest BCUT2D eigenvalue weighted by molar-refractivity contribution is -0.140. The average Bonchev–Trinajstić information content (AvgIpc) is 3.23. The summed E-state index contributed by atoms with van der Waals surface area (Å²) in [6.07, 6.45) is 1.58. The number of methoxy groups -OCH3 is 2. The number of furan rings is 1. The molecule has 2 rings (SSSR count). The number of thioether (sulfide) groups is 1. The van der Waals surface area contributed by atoms with Crippen molar-refractivity contribution in [3.63, 3.8) is 0 Å². The molecule has 0 saturated carbocycles. The average molecular weight is 421 g/mol. The quantitative estimate of drug-likeness (QED) is 0.532. The minimum Gasteiger partial charge on any atom is -0.493 e. The minimum absolute atomic E-state index is 0.0828. The van der Waals surface area contributed by atoms with E-state index in [1.807, 2.05) is 0 Å². The van der Waals surface area contributed by atoms with E-state index in [0.29, 0.717) is 22.8 Å². The standard InChI is InChI=1S/C20H23NO7S/c1-12(22)21-14(20(24)25)11-29-19(17-5-4-8-28-17)10-15(23)13-6-7-16(26-2)18(9-13)27-3/h4-9,14,19H,10-11H2,1-3H3,(H,21,22)(H,24,25)/t14-,19+/m0/s1. The molecule has 0 aliphatic heterocycles. The SMILES string of the molecule is COc1ccc(C(=O)C[C@@H](SC[C@H](NC(C)=O)C(=O)O)c2ccco2)cc1OC. The Balaban J connectivity index is 2.16. The molecule has 0 spiro atoms. The molecule has 2 atom stereocenters. The Morgan fingerprint density at radius 2 is 1.90 bits per heavy atom. The van der Waals surface area contributed by atoms with Gasteiger partial charge in [0.2, 0.25) is 5.91 Å². The van der Waals surface area contributed by atoms with Crippen LogP contribution in [0.1, 0.15) is 34.7 Å². The summed E-state index contributed by atoms with van der Waals surface area (Å²) in [6.45, 7) is 1.26. The van der Waals surface area contributed by atoms with Crippen LogP contribution in [0.3, 0.4) is 0 Å². The molecule has 0 saturated heterocycles. The van der Waals surface area contributed by atoms with Gasteiger partial charge in [-0.25, -0.2) is 4.79 Å². The Morgan fingerprint density at radius 1 is 1.17 bits per heavy atom. The highest BCUT2D eigenvalue weighted by Gasteiger charge is 2.25. The summed E-state index contributed by atoms with van der Waals surface area (Å²) in [5.74, 6) is -0.148. The summed E-state index contributed by atoms with van der Waals surface area (Å²) in [5, 5.41) is 11.3. The van der Waals surface area contributed by atoms with Crippen molar-refractivity contribution in [3.8, 4) is 11.5 Å². The number of ether oxygens (including phenoxy) is 2. The molecule has 0 bridgehead atoms. The third-order valence-corrected chi connectivity index (χ3v) is 5.40. The van der Waals surface area contributed by atoms with Crippen LogP contribution in [0.2, 0.25) is 0 Å². The van der Waals surface area contributed by atoms with Crippen LogP contribution in [-0.2, 0) is 9.59 Å². The number of benzene rings is 1. The summed E-state index contributed by atoms with van der Waals surface area (Å²) >= 11 is 1.23. The van der Waals surface area contributed by atoms with Gasteiger partial charge in [-0.15, -0.1) is 11.8 Å². The van der Waals surface area contributed by atoms with E-state index in [0.717, 1.165) is 0 Å². The first kappa shape index (κ1) is 22.4. The number of hydrogen-bond acceptors (Lipinski definition) is 7. The second kappa shape index (κ2) is 10.6. The van der Waals surface area contributed by atoms with Crippen LogP contribution in [0.25, 0.3) is 0 Å². The van der Waals surface area contributed by atoms with Gasteiger partial charge in [0, 0.05) is 24.7 Å². The third kappa shape index (κ3) is 6.28. The molecule has 1 amide bonds. The number of carboxylic acid groups (broad SMARTS) is 1. The van der Waals surface area contributed by atoms with Crippen molar-refractivity contribution in [2.45, 2.75) is 24.6 Å². The zero-order chi connectivity index (χ0) is 21.4. The van der Waals surface area contributed by atoms with Crippen LogP contribution in [-0.4, -0.2) is 48.8 Å². The number of nitrogens with one attached hydrogen (secondary N) is 1. The number of hydrogen-bond donors (Lipinski definition) is 2. The third-order valence-electron chi connectivity index (χ3n) is 4.08. The Kier molecular flexibility index (Phi) is 8.14. The van der Waals surface area contributed by atoms with Crippen LogP contribution >= 0.6 is 11.8 Å². The van der Waals surface area contributed by atoms with E-state index in [1.165, 1.54) is 39.2 Å². The predicted octanol–water partition coefficient (Wildman–Crippen LogP) is 2.93. The highest BCUT2D eigenvalue weighted by Crippen LogP contribution is 2.35. The van der Waals surface area contributed by atoms with E-state index in [4.69, 9.17) is 13.9 Å². The summed E-state index contributed by atoms with van der Waals surface area (Å²) in [6, 6.07) is 7.26. The zero-order valence-electron chi connectivity index (χ0n) is 16.3. The molecular formula is C20H23NO7S. The zero-order valence-corrected chi connectivity index (χ0v) is 17.2. The lowest BCUT2D eigenvalue weighted by Gasteiger charge is -2.18. The molecule has 0 aliphatic carbocycles. The molecule has 156 valence electrons. The van der Waals surface area contributed by atoms with Crippen molar-refractivity contribution in [3.05, 3.63) is 47.9 Å². The molecule has 0 radical (unpaired) electrons. The van der Waals surface area contributed by atoms with Gasteiger partial charge < -0.3 is 24.3 Å². The van der Waals surface area contributed by atoms with E-state index in [9.17, 15) is 19.5 Å². The van der Waals surface area contributed by atoms with Crippen molar-refractivity contribution in [1.82, 2.24) is 5.32 Å². The smallest absolute Gasteiger partial charge is 0.327 e. The van der Waals surface area contributed by atoms with E-state index in [1.54, 1.807) is 30.3 Å². The van der Waals surface area contributed by atoms with E-state index in [2.05, 4.69) is 5.32 Å². The summed E-state index contributed by atoms with van der Waals surface area (Å²) in [5.41, 5.74) is 0.441. The molecule has 1 aromatic carbocycles. The van der Waals surface area contributed by atoms with Gasteiger partial charge in [-0.05, 0) is 30.3 Å². The molecule has 8 nitrogen and oxygen atoms in total. The topological polar surface area (TPSA) is 115 Å². The second-order valence-corrected chi connectivity index (χ2v) is 7.36. The van der Waals surface area contributed by atoms with Crippen molar-refractivity contribution < 1.29 is 33.4 Å². The summed E-state index contributed by atoms with van der Waals surface area (Å²) in [7, 11) is 3.00. The molecule has 0 fully saturated rings. The fourth-order valence-corrected chi connectivity index (χ4v) is 3.86. The first-order chi connectivity index (χ1) is 13.8. The Morgan fingerprint density at radius 3 is 2.45 bits per heavy atom. The molecule has 29 heavy (non-hydrogen) atoms. The Bertz CT molecular complexity index is 851. The second-order valence-electron chi connectivity index (χ2n) is 6.13. The molecule has 1 heterocycles. The molecule has 2 aromatic rings. The van der Waals surface area contributed by atoms with Gasteiger partial charge in [-0.2, -0.15) is 0 Å². The summed E-state index contributed by atoms with van der Waals surface area (Å²) in [4.78, 5) is 35.4. The molecular weight excluding hydrogens is 398 g/mol. The number of ketones is 1. The lowest BCUT2D eigenvalue weighted by Crippen LogP contribution is -2.41. The van der Waals surface area contributed by atoms with Crippen LogP contribution in [0.15, 0.2) is 41.0 Å². The number of aliphatic carboxylic acids is 1. The number of Topliss-reactive ketones (excluding diaryl/α,β-unsaturated/α-hetero) is 1. The minimum atomic E-state index is -1.14. The fourth-order valence-electron chi connectivity index (χ4n) is 2.64. The highest BCUT2D eigenvalue weighted by atomic mass is 32.2. The van der Waals surface area contributed by atoms with Crippen LogP contribution in [0.4, 0.5) is 0 Å². The largest absolute Gasteiger partial charge is 0.493 e. The van der Waals surface area contributed by atoms with Crippen molar-refractivity contribution in [1.29, 1.82) is 0 Å². The van der Waals surface area contributed by atoms with Crippen LogP contribution in [0, 0.1) is 0 Å². The van der Waals surface area contributed by atoms with Gasteiger partial charge >= 0.3 is 5.97 Å². The Labute approximate surface area is 172 Å². The number of carbonyl (C=O) groups excluding carboxylic acids is 2. The number of amides is 1. The Hall–Kier alpha value is -2.94. The maximum atomic E-state index is 12.8. The number of carbonyl (C=O) groups is 3. The van der Waals surface area contributed by atoms with E-state index in [-0.39, 0.29) is 18.0 Å². The monoisotopic (exact) mass is 421 g/mol. The molecule has 9 heteroatoms. The number of carboxylic acids is 1. The van der Waals surface area contributed by atoms with E-state index < -0.39 is 23.2 Å². The molecule has 1 aromatic heterocycles. The number of rotatable bonds is 11. The predicted molar refractivity (Wildman–Crippen MR) is 108 cm³/mol. The summed E-state index contributed by atoms with van der Waals surface area (Å²) < 4.78 is 15.9. The molecule has 0 unspecified atom stereocenters. The van der Waals surface area contributed by atoms with Gasteiger partial charge in [0.15, 0.2) is 17.3 Å². The fraction of sp³-hybridized carbons (Fsp3) is 0.350. The van der Waals surface area contributed by atoms with Gasteiger partial charge in [-0.1, -0.05) is 0 Å². The van der Waals surface area contributed by atoms with Crippen molar-refractivity contribution >= 4 is 29.4 Å². The van der Waals surface area contributed by atoms with Crippen LogP contribution in [0.5, 0.6) is 11.5 Å². The maximum Gasteiger partial charge on any atom is 0.327 e. The highest BCUT2D eigenvalue weighted by molar-refractivity contribution is 7.99. The van der Waals surface area contributed by atoms with Crippen LogP contribution < -0.4 is 14.8 Å². The molecule has 0 aliphatic rings. The normalized spacial score (nSPS) is 12.7. The van der Waals surface area contributed by atoms with Gasteiger partial charge in [0.25, 0.3) is 0 Å². The van der Waals surface area contributed by atoms with Gasteiger partial charge in [-0.3, -0.25) is 9.59 Å². The lowest BCUT2D eigenvalue weighted by atomic mass is 10.0. The first-order valence-electron chi connectivity index (χ1n) is 8.75.